The number of hydrogen-bond acceptors (Lipinski definition) is 3. The Balaban J connectivity index is 2.05. The molecule has 0 aromatic rings. The number of piperidine rings is 1. The summed E-state index contributed by atoms with van der Waals surface area (Å²) >= 11 is 0. The standard InChI is InChI=1S/C8H18N2O/c9-8(11)2-1-7-3-5-10-6-4-7/h7-8,10-11H,1-6,9H2. The third-order valence-electron chi connectivity index (χ3n) is 2.33. The molecule has 1 heterocycles. The zero-order chi connectivity index (χ0) is 8.10. The minimum Gasteiger partial charge on any atom is -0.379 e. The minimum absolute atomic E-state index is 0.607. The SMILES string of the molecule is NC(O)CCC1CCNCC1. The molecule has 0 aromatic heterocycles. The summed E-state index contributed by atoms with van der Waals surface area (Å²) in [7, 11) is 0. The summed E-state index contributed by atoms with van der Waals surface area (Å²) < 4.78 is 0. The van der Waals surface area contributed by atoms with Gasteiger partial charge in [-0.15, -0.1) is 0 Å². The molecule has 1 saturated heterocycles. The van der Waals surface area contributed by atoms with Gasteiger partial charge in [-0.05, 0) is 44.7 Å². The van der Waals surface area contributed by atoms with Gasteiger partial charge in [-0.1, -0.05) is 0 Å². The van der Waals surface area contributed by atoms with Crippen molar-refractivity contribution in [2.45, 2.75) is 31.9 Å². The van der Waals surface area contributed by atoms with E-state index >= 15 is 0 Å². The topological polar surface area (TPSA) is 58.3 Å². The molecule has 1 rings (SSSR count). The molecular weight excluding hydrogens is 140 g/mol. The van der Waals surface area contributed by atoms with Crippen LogP contribution < -0.4 is 11.1 Å². The maximum Gasteiger partial charge on any atom is 0.102 e. The molecule has 0 radical (unpaired) electrons. The van der Waals surface area contributed by atoms with E-state index in [-0.39, 0.29) is 0 Å². The van der Waals surface area contributed by atoms with Crippen LogP contribution in [0, 0.1) is 5.92 Å². The minimum atomic E-state index is -0.607. The third kappa shape index (κ3) is 3.70. The van der Waals surface area contributed by atoms with Crippen LogP contribution in [-0.4, -0.2) is 24.4 Å². The average molecular weight is 158 g/mol. The van der Waals surface area contributed by atoms with Crippen LogP contribution >= 0.6 is 0 Å². The fourth-order valence-electron chi connectivity index (χ4n) is 1.58. The summed E-state index contributed by atoms with van der Waals surface area (Å²) in [5.41, 5.74) is 5.25. The predicted molar refractivity (Wildman–Crippen MR) is 45.0 cm³/mol. The molecule has 0 aliphatic carbocycles. The average Bonchev–Trinajstić information content (AvgIpc) is 2.03. The van der Waals surface area contributed by atoms with Crippen molar-refractivity contribution in [3.63, 3.8) is 0 Å². The highest BCUT2D eigenvalue weighted by atomic mass is 16.3. The molecule has 1 aliphatic heterocycles. The molecule has 0 saturated carbocycles. The van der Waals surface area contributed by atoms with Crippen molar-refractivity contribution in [1.29, 1.82) is 0 Å². The van der Waals surface area contributed by atoms with E-state index < -0.39 is 6.23 Å². The van der Waals surface area contributed by atoms with E-state index in [4.69, 9.17) is 10.8 Å². The largest absolute Gasteiger partial charge is 0.379 e. The van der Waals surface area contributed by atoms with Crippen LogP contribution in [0.1, 0.15) is 25.7 Å². The van der Waals surface area contributed by atoms with Crippen molar-refractivity contribution in [3.05, 3.63) is 0 Å². The summed E-state index contributed by atoms with van der Waals surface area (Å²) in [4.78, 5) is 0. The van der Waals surface area contributed by atoms with Gasteiger partial charge in [-0.3, -0.25) is 0 Å². The van der Waals surface area contributed by atoms with Crippen LogP contribution in [-0.2, 0) is 0 Å². The molecule has 11 heavy (non-hydrogen) atoms. The van der Waals surface area contributed by atoms with Gasteiger partial charge in [0.1, 0.15) is 6.23 Å². The molecular formula is C8H18N2O. The van der Waals surface area contributed by atoms with Gasteiger partial charge in [-0.25, -0.2) is 0 Å². The second kappa shape index (κ2) is 4.70. The van der Waals surface area contributed by atoms with Gasteiger partial charge in [0.25, 0.3) is 0 Å². The van der Waals surface area contributed by atoms with E-state index in [0.29, 0.717) is 0 Å². The molecule has 0 spiro atoms. The Bertz CT molecular complexity index is 100. The smallest absolute Gasteiger partial charge is 0.102 e. The monoisotopic (exact) mass is 158 g/mol. The fourth-order valence-corrected chi connectivity index (χ4v) is 1.58. The maximum absolute atomic E-state index is 8.85. The Morgan fingerprint density at radius 1 is 1.45 bits per heavy atom. The molecule has 0 amide bonds. The zero-order valence-electron chi connectivity index (χ0n) is 6.92. The van der Waals surface area contributed by atoms with Gasteiger partial charge in [0.15, 0.2) is 0 Å². The first-order valence-electron chi connectivity index (χ1n) is 4.43. The van der Waals surface area contributed by atoms with Crippen molar-refractivity contribution in [1.82, 2.24) is 5.32 Å². The van der Waals surface area contributed by atoms with Crippen LogP contribution in [0.5, 0.6) is 0 Å². The third-order valence-corrected chi connectivity index (χ3v) is 2.33. The molecule has 1 unspecified atom stereocenters. The molecule has 1 atom stereocenters. The van der Waals surface area contributed by atoms with Crippen LogP contribution in [0.15, 0.2) is 0 Å². The molecule has 3 heteroatoms. The van der Waals surface area contributed by atoms with Crippen molar-refractivity contribution < 1.29 is 5.11 Å². The molecule has 3 nitrogen and oxygen atoms in total. The van der Waals surface area contributed by atoms with Crippen LogP contribution in [0.4, 0.5) is 0 Å². The number of aliphatic hydroxyl groups is 1. The summed E-state index contributed by atoms with van der Waals surface area (Å²) in [5, 5.41) is 12.2. The summed E-state index contributed by atoms with van der Waals surface area (Å²) in [6.45, 7) is 2.26. The highest BCUT2D eigenvalue weighted by molar-refractivity contribution is 4.68. The number of nitrogens with one attached hydrogen (secondary N) is 1. The maximum atomic E-state index is 8.85. The van der Waals surface area contributed by atoms with E-state index in [0.717, 1.165) is 31.8 Å². The lowest BCUT2D eigenvalue weighted by atomic mass is 9.93. The lowest BCUT2D eigenvalue weighted by Gasteiger charge is -2.22. The number of hydrogen-bond donors (Lipinski definition) is 3. The number of nitrogens with two attached hydrogens (primary N) is 1. The van der Waals surface area contributed by atoms with E-state index in [1.165, 1.54) is 12.8 Å². The molecule has 1 aliphatic rings. The number of aliphatic hydroxyl groups excluding tert-OH is 1. The normalized spacial score (nSPS) is 23.5. The van der Waals surface area contributed by atoms with E-state index in [1.54, 1.807) is 0 Å². The van der Waals surface area contributed by atoms with Gasteiger partial charge >= 0.3 is 0 Å². The van der Waals surface area contributed by atoms with Crippen molar-refractivity contribution in [2.75, 3.05) is 13.1 Å². The van der Waals surface area contributed by atoms with Crippen LogP contribution in [0.3, 0.4) is 0 Å². The van der Waals surface area contributed by atoms with Crippen molar-refractivity contribution in [3.8, 4) is 0 Å². The lowest BCUT2D eigenvalue weighted by molar-refractivity contribution is 0.157. The highest BCUT2D eigenvalue weighted by Gasteiger charge is 2.12. The van der Waals surface area contributed by atoms with Crippen LogP contribution in [0.2, 0.25) is 0 Å². The van der Waals surface area contributed by atoms with Crippen molar-refractivity contribution in [2.24, 2.45) is 11.7 Å². The molecule has 0 aromatic carbocycles. The number of rotatable bonds is 3. The first kappa shape index (κ1) is 8.97. The quantitative estimate of drug-likeness (QED) is 0.508. The Morgan fingerprint density at radius 2 is 2.09 bits per heavy atom. The Kier molecular flexibility index (Phi) is 3.83. The Labute approximate surface area is 68.0 Å². The highest BCUT2D eigenvalue weighted by Crippen LogP contribution is 2.17. The molecule has 4 N–H and O–H groups in total. The molecule has 0 bridgehead atoms. The van der Waals surface area contributed by atoms with E-state index in [9.17, 15) is 0 Å². The predicted octanol–water partition coefficient (Wildman–Crippen LogP) is 0.0433. The summed E-state index contributed by atoms with van der Waals surface area (Å²) in [5.74, 6) is 0.787. The summed E-state index contributed by atoms with van der Waals surface area (Å²) in [6, 6.07) is 0. The zero-order valence-corrected chi connectivity index (χ0v) is 6.92. The summed E-state index contributed by atoms with van der Waals surface area (Å²) in [6.07, 6.45) is 3.72. The van der Waals surface area contributed by atoms with E-state index in [1.807, 2.05) is 0 Å². The first-order valence-corrected chi connectivity index (χ1v) is 4.43. The van der Waals surface area contributed by atoms with Gasteiger partial charge in [0.05, 0.1) is 0 Å². The molecule has 1 fully saturated rings. The Hall–Kier alpha value is -0.120. The van der Waals surface area contributed by atoms with Gasteiger partial charge in [-0.2, -0.15) is 0 Å². The second-order valence-corrected chi connectivity index (χ2v) is 3.34. The molecule has 66 valence electrons. The van der Waals surface area contributed by atoms with Gasteiger partial charge in [0.2, 0.25) is 0 Å². The van der Waals surface area contributed by atoms with Gasteiger partial charge in [0, 0.05) is 0 Å². The van der Waals surface area contributed by atoms with Crippen LogP contribution in [0.25, 0.3) is 0 Å². The van der Waals surface area contributed by atoms with E-state index in [2.05, 4.69) is 5.32 Å². The lowest BCUT2D eigenvalue weighted by Crippen LogP contribution is -2.29. The van der Waals surface area contributed by atoms with Crippen molar-refractivity contribution >= 4 is 0 Å². The first-order chi connectivity index (χ1) is 5.29. The fraction of sp³-hybridized carbons (Fsp3) is 1.00. The Morgan fingerprint density at radius 3 is 2.64 bits per heavy atom. The second-order valence-electron chi connectivity index (χ2n) is 3.34. The van der Waals surface area contributed by atoms with Gasteiger partial charge < -0.3 is 16.2 Å².